The molecule has 0 saturated carbocycles. The number of aromatic nitrogens is 1. The van der Waals surface area contributed by atoms with Crippen LogP contribution in [-0.2, 0) is 0 Å². The number of rotatable bonds is 1. The Labute approximate surface area is 109 Å². The maximum absolute atomic E-state index is 10.2. The predicted molar refractivity (Wildman–Crippen MR) is 74.6 cm³/mol. The van der Waals surface area contributed by atoms with Gasteiger partial charge in [0.2, 0.25) is 0 Å². The molecule has 0 aliphatic carbocycles. The van der Waals surface area contributed by atoms with Crippen molar-refractivity contribution in [3.63, 3.8) is 0 Å². The molecule has 2 heterocycles. The Bertz CT molecular complexity index is 906. The predicted octanol–water partition coefficient (Wildman–Crippen LogP) is 1.71. The lowest BCUT2D eigenvalue weighted by atomic mass is 10.0. The average molecular weight is 248 g/mol. The van der Waals surface area contributed by atoms with Crippen LogP contribution in [0, 0.1) is 0 Å². The number of hydrogen-bond acceptors (Lipinski definition) is 2. The Morgan fingerprint density at radius 3 is 2.74 bits per heavy atom. The van der Waals surface area contributed by atoms with Gasteiger partial charge >= 0.3 is 0 Å². The van der Waals surface area contributed by atoms with Gasteiger partial charge in [0.15, 0.2) is 5.88 Å². The highest BCUT2D eigenvalue weighted by Gasteiger charge is 2.17. The zero-order valence-corrected chi connectivity index (χ0v) is 10.2. The van der Waals surface area contributed by atoms with Gasteiger partial charge in [-0.25, -0.2) is 0 Å². The summed E-state index contributed by atoms with van der Waals surface area (Å²) in [5, 5.41) is 13.4. The van der Waals surface area contributed by atoms with Gasteiger partial charge in [-0.1, -0.05) is 36.4 Å². The average Bonchev–Trinajstić information content (AvgIpc) is 2.98. The van der Waals surface area contributed by atoms with Crippen molar-refractivity contribution in [2.24, 2.45) is 4.99 Å². The normalized spacial score (nSPS) is 13.6. The molecule has 0 atom stereocenters. The van der Waals surface area contributed by atoms with E-state index in [2.05, 4.69) is 16.0 Å². The van der Waals surface area contributed by atoms with Crippen molar-refractivity contribution in [3.8, 4) is 5.88 Å². The van der Waals surface area contributed by atoms with Crippen molar-refractivity contribution < 1.29 is 5.11 Å². The molecule has 2 N–H and O–H groups in total. The Balaban J connectivity index is 2.14. The quantitative estimate of drug-likeness (QED) is 0.676. The molecular formula is C16H12N2O. The van der Waals surface area contributed by atoms with Gasteiger partial charge in [-0.3, -0.25) is 4.99 Å². The van der Waals surface area contributed by atoms with E-state index in [1.54, 1.807) is 0 Å². The molecule has 0 fully saturated rings. The van der Waals surface area contributed by atoms with Crippen LogP contribution in [0.4, 0.5) is 0 Å². The van der Waals surface area contributed by atoms with Crippen LogP contribution in [0.15, 0.2) is 53.5 Å². The first-order chi connectivity index (χ1) is 9.34. The van der Waals surface area contributed by atoms with E-state index < -0.39 is 0 Å². The fourth-order valence-corrected chi connectivity index (χ4v) is 2.76. The molecule has 1 aliphatic rings. The highest BCUT2D eigenvalue weighted by atomic mass is 16.3. The maximum Gasteiger partial charge on any atom is 0.197 e. The summed E-state index contributed by atoms with van der Waals surface area (Å²) in [5.74, 6) is 0.225. The molecule has 3 heteroatoms. The Morgan fingerprint density at radius 1 is 1.00 bits per heavy atom. The molecule has 1 aliphatic heterocycles. The minimum Gasteiger partial charge on any atom is -0.494 e. The van der Waals surface area contributed by atoms with Crippen molar-refractivity contribution in [2.45, 2.75) is 0 Å². The molecule has 0 saturated heterocycles. The summed E-state index contributed by atoms with van der Waals surface area (Å²) in [6.07, 6.45) is 0. The van der Waals surface area contributed by atoms with Crippen LogP contribution < -0.4 is 10.6 Å². The number of benzene rings is 2. The van der Waals surface area contributed by atoms with E-state index in [1.165, 1.54) is 0 Å². The molecular weight excluding hydrogens is 236 g/mol. The van der Waals surface area contributed by atoms with Gasteiger partial charge in [-0.15, -0.1) is 0 Å². The molecule has 3 nitrogen and oxygen atoms in total. The summed E-state index contributed by atoms with van der Waals surface area (Å²) in [4.78, 5) is 7.55. The molecule has 0 bridgehead atoms. The van der Waals surface area contributed by atoms with Crippen LogP contribution in [0.5, 0.6) is 5.88 Å². The molecule has 0 radical (unpaired) electrons. The lowest BCUT2D eigenvalue weighted by Crippen LogP contribution is -2.22. The number of nitrogens with zero attached hydrogens (tertiary/aromatic N) is 1. The molecule has 4 rings (SSSR count). The number of hydrogen-bond donors (Lipinski definition) is 2. The summed E-state index contributed by atoms with van der Waals surface area (Å²) in [6, 6.07) is 16.0. The third-order valence-electron chi connectivity index (χ3n) is 3.62. The Morgan fingerprint density at radius 2 is 1.79 bits per heavy atom. The van der Waals surface area contributed by atoms with E-state index in [9.17, 15) is 5.11 Å². The van der Waals surface area contributed by atoms with Gasteiger partial charge in [0.05, 0.1) is 11.9 Å². The van der Waals surface area contributed by atoms with Crippen LogP contribution in [-0.4, -0.2) is 16.6 Å². The van der Waals surface area contributed by atoms with Gasteiger partial charge in [-0.2, -0.15) is 0 Å². The molecule has 0 spiro atoms. The molecule has 3 aromatic rings. The summed E-state index contributed by atoms with van der Waals surface area (Å²) in [5.41, 5.74) is 2.92. The van der Waals surface area contributed by atoms with Crippen LogP contribution in [0.25, 0.3) is 16.5 Å². The van der Waals surface area contributed by atoms with E-state index in [0.29, 0.717) is 6.54 Å². The summed E-state index contributed by atoms with van der Waals surface area (Å²) in [6.45, 7) is 0.620. The second-order valence-corrected chi connectivity index (χ2v) is 4.71. The molecule has 92 valence electrons. The zero-order valence-electron chi connectivity index (χ0n) is 10.2. The summed E-state index contributed by atoms with van der Waals surface area (Å²) < 4.78 is 0. The van der Waals surface area contributed by atoms with E-state index in [1.807, 2.05) is 42.5 Å². The smallest absolute Gasteiger partial charge is 0.197 e. The first-order valence-corrected chi connectivity index (χ1v) is 6.27. The minimum absolute atomic E-state index is 0.225. The van der Waals surface area contributed by atoms with Crippen LogP contribution in [0.3, 0.4) is 0 Å². The fraction of sp³-hybridized carbons (Fsp3) is 0.0625. The van der Waals surface area contributed by atoms with Crippen LogP contribution in [0.1, 0.15) is 5.56 Å². The van der Waals surface area contributed by atoms with E-state index in [4.69, 9.17) is 0 Å². The number of fused-ring (bicyclic) bond motifs is 2. The third kappa shape index (κ3) is 1.41. The summed E-state index contributed by atoms with van der Waals surface area (Å²) >= 11 is 0. The zero-order chi connectivity index (χ0) is 12.8. The van der Waals surface area contributed by atoms with Crippen LogP contribution in [0.2, 0.25) is 0 Å². The van der Waals surface area contributed by atoms with Gasteiger partial charge in [-0.05, 0) is 17.7 Å². The largest absolute Gasteiger partial charge is 0.494 e. The van der Waals surface area contributed by atoms with E-state index >= 15 is 0 Å². The van der Waals surface area contributed by atoms with Gasteiger partial charge in [0, 0.05) is 21.7 Å². The lowest BCUT2D eigenvalue weighted by Gasteiger charge is -2.00. The van der Waals surface area contributed by atoms with Gasteiger partial charge in [0.1, 0.15) is 0 Å². The first-order valence-electron chi connectivity index (χ1n) is 6.27. The highest BCUT2D eigenvalue weighted by molar-refractivity contribution is 5.96. The van der Waals surface area contributed by atoms with Crippen molar-refractivity contribution >= 4 is 16.5 Å². The number of aromatic hydroxyl groups is 1. The number of nitrogens with one attached hydrogen (secondary N) is 1. The summed E-state index contributed by atoms with van der Waals surface area (Å²) in [7, 11) is 0. The van der Waals surface area contributed by atoms with Crippen molar-refractivity contribution in [2.75, 3.05) is 6.54 Å². The number of H-pyrrole nitrogens is 1. The van der Waals surface area contributed by atoms with E-state index in [0.717, 1.165) is 32.6 Å². The Kier molecular flexibility index (Phi) is 2.03. The highest BCUT2D eigenvalue weighted by Crippen LogP contribution is 2.32. The molecule has 1 aromatic heterocycles. The number of para-hydroxylation sites is 2. The first kappa shape index (κ1) is 10.4. The molecule has 2 aromatic carbocycles. The third-order valence-corrected chi connectivity index (χ3v) is 3.62. The second kappa shape index (κ2) is 3.72. The van der Waals surface area contributed by atoms with Crippen molar-refractivity contribution in [3.05, 3.63) is 64.7 Å². The molecule has 19 heavy (non-hydrogen) atoms. The van der Waals surface area contributed by atoms with E-state index in [-0.39, 0.29) is 5.88 Å². The minimum atomic E-state index is 0.225. The van der Waals surface area contributed by atoms with Gasteiger partial charge in [0.25, 0.3) is 0 Å². The Hall–Kier alpha value is -2.55. The van der Waals surface area contributed by atoms with Crippen molar-refractivity contribution in [1.29, 1.82) is 0 Å². The maximum atomic E-state index is 10.2. The second-order valence-electron chi connectivity index (χ2n) is 4.71. The fourth-order valence-electron chi connectivity index (χ4n) is 2.76. The topological polar surface area (TPSA) is 48.4 Å². The SMILES string of the molecule is Oc1[nH]c2ccccc2c1C1=c2ccccc2=NC1. The lowest BCUT2D eigenvalue weighted by molar-refractivity contribution is 0.457. The standard InChI is InChI=1S/C16H12N2O/c19-16-15(11-6-2-4-8-14(11)18-16)12-9-17-13-7-3-1-5-10(12)13/h1-8,18-19H,9H2. The number of aromatic amines is 1. The molecule has 0 unspecified atom stereocenters. The monoisotopic (exact) mass is 248 g/mol. The van der Waals surface area contributed by atoms with Crippen LogP contribution >= 0.6 is 0 Å². The van der Waals surface area contributed by atoms with Crippen molar-refractivity contribution in [1.82, 2.24) is 4.98 Å². The molecule has 0 amide bonds. The van der Waals surface area contributed by atoms with Gasteiger partial charge < -0.3 is 10.1 Å².